The lowest BCUT2D eigenvalue weighted by atomic mass is 10.3. The zero-order valence-electron chi connectivity index (χ0n) is 11.3. The van der Waals surface area contributed by atoms with E-state index < -0.39 is 32.2 Å². The lowest BCUT2D eigenvalue weighted by Gasteiger charge is -2.16. The van der Waals surface area contributed by atoms with Crippen molar-refractivity contribution in [3.63, 3.8) is 0 Å². The highest BCUT2D eigenvalue weighted by atomic mass is 32.2. The third-order valence-corrected chi connectivity index (χ3v) is 4.62. The standard InChI is InChI=1S/C12H13F2N3O3S/c1-7-3-8(16-20-7)6-17(2)21(18,19)12-5-11(15)9(13)4-10(12)14/h3-5H,6,15H2,1-2H3. The first-order valence-electron chi connectivity index (χ1n) is 5.85. The molecular formula is C12H13F2N3O3S. The number of hydrogen-bond acceptors (Lipinski definition) is 5. The van der Waals surface area contributed by atoms with Crippen LogP contribution in [0, 0.1) is 18.6 Å². The summed E-state index contributed by atoms with van der Waals surface area (Å²) in [5.41, 5.74) is 5.22. The van der Waals surface area contributed by atoms with Crippen molar-refractivity contribution < 1.29 is 21.7 Å². The minimum Gasteiger partial charge on any atom is -0.396 e. The van der Waals surface area contributed by atoms with Crippen molar-refractivity contribution in [1.82, 2.24) is 9.46 Å². The fourth-order valence-electron chi connectivity index (χ4n) is 1.72. The van der Waals surface area contributed by atoms with E-state index in [0.717, 1.165) is 10.4 Å². The van der Waals surface area contributed by atoms with Gasteiger partial charge in [0.2, 0.25) is 10.0 Å². The fourth-order valence-corrected chi connectivity index (χ4v) is 2.94. The Labute approximate surface area is 120 Å². The summed E-state index contributed by atoms with van der Waals surface area (Å²) in [7, 11) is -2.92. The fraction of sp³-hybridized carbons (Fsp3) is 0.250. The van der Waals surface area contributed by atoms with Gasteiger partial charge in [-0.15, -0.1) is 0 Å². The Hall–Kier alpha value is -2.00. The molecule has 1 heterocycles. The molecule has 0 saturated carbocycles. The molecule has 0 unspecified atom stereocenters. The van der Waals surface area contributed by atoms with Crippen LogP contribution < -0.4 is 5.73 Å². The van der Waals surface area contributed by atoms with Crippen LogP contribution in [0.4, 0.5) is 14.5 Å². The number of nitrogens with zero attached hydrogens (tertiary/aromatic N) is 2. The van der Waals surface area contributed by atoms with Gasteiger partial charge in [-0.3, -0.25) is 0 Å². The van der Waals surface area contributed by atoms with Gasteiger partial charge in [-0.25, -0.2) is 17.2 Å². The molecule has 9 heteroatoms. The summed E-state index contributed by atoms with van der Waals surface area (Å²) < 4.78 is 57.1. The van der Waals surface area contributed by atoms with E-state index in [9.17, 15) is 17.2 Å². The van der Waals surface area contributed by atoms with E-state index in [1.807, 2.05) is 0 Å². The first kappa shape index (κ1) is 15.4. The molecule has 0 spiro atoms. The minimum atomic E-state index is -4.17. The summed E-state index contributed by atoms with van der Waals surface area (Å²) >= 11 is 0. The van der Waals surface area contributed by atoms with E-state index in [-0.39, 0.29) is 6.54 Å². The van der Waals surface area contributed by atoms with Crippen LogP contribution in [-0.2, 0) is 16.6 Å². The molecule has 0 bridgehead atoms. The third-order valence-electron chi connectivity index (χ3n) is 2.80. The van der Waals surface area contributed by atoms with Gasteiger partial charge in [-0.05, 0) is 13.0 Å². The van der Waals surface area contributed by atoms with Gasteiger partial charge in [-0.1, -0.05) is 5.16 Å². The van der Waals surface area contributed by atoms with E-state index >= 15 is 0 Å². The average Bonchev–Trinajstić information content (AvgIpc) is 2.79. The molecule has 0 aliphatic heterocycles. The molecule has 1 aromatic heterocycles. The number of halogens is 2. The number of anilines is 1. The maximum absolute atomic E-state index is 13.7. The molecule has 2 rings (SSSR count). The molecule has 0 amide bonds. The zero-order chi connectivity index (χ0) is 15.8. The van der Waals surface area contributed by atoms with Crippen LogP contribution in [0.2, 0.25) is 0 Å². The SMILES string of the molecule is Cc1cc(CN(C)S(=O)(=O)c2cc(N)c(F)cc2F)no1. The van der Waals surface area contributed by atoms with E-state index in [2.05, 4.69) is 5.16 Å². The molecule has 0 aliphatic carbocycles. The summed E-state index contributed by atoms with van der Waals surface area (Å²) in [6.07, 6.45) is 0. The number of benzene rings is 1. The zero-order valence-corrected chi connectivity index (χ0v) is 12.1. The van der Waals surface area contributed by atoms with Gasteiger partial charge in [0.15, 0.2) is 0 Å². The van der Waals surface area contributed by atoms with Crippen LogP contribution >= 0.6 is 0 Å². The summed E-state index contributed by atoms with van der Waals surface area (Å²) in [6, 6.07) is 2.75. The molecule has 1 aromatic carbocycles. The van der Waals surface area contributed by atoms with Crippen molar-refractivity contribution in [2.75, 3.05) is 12.8 Å². The Morgan fingerprint density at radius 3 is 2.52 bits per heavy atom. The van der Waals surface area contributed by atoms with Gasteiger partial charge in [-0.2, -0.15) is 4.31 Å². The van der Waals surface area contributed by atoms with Gasteiger partial charge < -0.3 is 10.3 Å². The van der Waals surface area contributed by atoms with Crippen molar-refractivity contribution in [2.45, 2.75) is 18.4 Å². The number of nitrogens with two attached hydrogens (primary N) is 1. The van der Waals surface area contributed by atoms with E-state index in [1.54, 1.807) is 13.0 Å². The first-order chi connectivity index (χ1) is 9.71. The topological polar surface area (TPSA) is 89.4 Å². The Balaban J connectivity index is 2.35. The normalized spacial score (nSPS) is 12.0. The van der Waals surface area contributed by atoms with E-state index in [4.69, 9.17) is 10.3 Å². The van der Waals surface area contributed by atoms with Crippen LogP contribution in [0.3, 0.4) is 0 Å². The van der Waals surface area contributed by atoms with Crippen molar-refractivity contribution in [3.05, 3.63) is 41.3 Å². The highest BCUT2D eigenvalue weighted by molar-refractivity contribution is 7.89. The molecule has 0 aliphatic rings. The average molecular weight is 317 g/mol. The molecule has 0 saturated heterocycles. The monoisotopic (exact) mass is 317 g/mol. The Bertz CT molecular complexity index is 774. The van der Waals surface area contributed by atoms with Crippen LogP contribution in [0.1, 0.15) is 11.5 Å². The largest absolute Gasteiger partial charge is 0.396 e. The lowest BCUT2D eigenvalue weighted by Crippen LogP contribution is -2.27. The molecule has 21 heavy (non-hydrogen) atoms. The van der Waals surface area contributed by atoms with Gasteiger partial charge in [0, 0.05) is 19.2 Å². The summed E-state index contributed by atoms with van der Waals surface area (Å²) in [5.74, 6) is -1.70. The van der Waals surface area contributed by atoms with Crippen molar-refractivity contribution in [3.8, 4) is 0 Å². The van der Waals surface area contributed by atoms with Crippen molar-refractivity contribution in [2.24, 2.45) is 0 Å². The van der Waals surface area contributed by atoms with Gasteiger partial charge in [0.05, 0.1) is 17.9 Å². The quantitative estimate of drug-likeness (QED) is 0.866. The second-order valence-corrected chi connectivity index (χ2v) is 6.51. The Morgan fingerprint density at radius 2 is 1.95 bits per heavy atom. The number of rotatable bonds is 4. The van der Waals surface area contributed by atoms with E-state index in [0.29, 0.717) is 17.5 Å². The van der Waals surface area contributed by atoms with Crippen molar-refractivity contribution >= 4 is 15.7 Å². The smallest absolute Gasteiger partial charge is 0.246 e. The van der Waals surface area contributed by atoms with Crippen LogP contribution in [0.5, 0.6) is 0 Å². The lowest BCUT2D eigenvalue weighted by molar-refractivity contribution is 0.377. The molecule has 114 valence electrons. The molecule has 0 radical (unpaired) electrons. The van der Waals surface area contributed by atoms with Crippen LogP contribution in [0.25, 0.3) is 0 Å². The maximum Gasteiger partial charge on any atom is 0.246 e. The molecular weight excluding hydrogens is 304 g/mol. The molecule has 2 N–H and O–H groups in total. The van der Waals surface area contributed by atoms with E-state index in [1.165, 1.54) is 7.05 Å². The Morgan fingerprint density at radius 1 is 1.29 bits per heavy atom. The minimum absolute atomic E-state index is 0.115. The third kappa shape index (κ3) is 3.03. The number of sulfonamides is 1. The summed E-state index contributed by atoms with van der Waals surface area (Å²) in [4.78, 5) is -0.691. The maximum atomic E-state index is 13.7. The molecule has 0 fully saturated rings. The highest BCUT2D eigenvalue weighted by Gasteiger charge is 2.26. The Kier molecular flexibility index (Phi) is 3.97. The molecule has 2 aromatic rings. The van der Waals surface area contributed by atoms with Gasteiger partial charge >= 0.3 is 0 Å². The predicted molar refractivity (Wildman–Crippen MR) is 70.7 cm³/mol. The number of aryl methyl sites for hydroxylation is 1. The summed E-state index contributed by atoms with van der Waals surface area (Å²) in [5, 5.41) is 3.66. The molecule has 6 nitrogen and oxygen atoms in total. The number of hydrogen-bond donors (Lipinski definition) is 1. The van der Waals surface area contributed by atoms with Crippen LogP contribution in [-0.4, -0.2) is 24.9 Å². The number of nitrogen functional groups attached to an aromatic ring is 1. The number of aromatic nitrogens is 1. The molecule has 0 atom stereocenters. The summed E-state index contributed by atoms with van der Waals surface area (Å²) in [6.45, 7) is 1.54. The van der Waals surface area contributed by atoms with Crippen LogP contribution in [0.15, 0.2) is 27.6 Å². The first-order valence-corrected chi connectivity index (χ1v) is 7.29. The highest BCUT2D eigenvalue weighted by Crippen LogP contribution is 2.24. The second kappa shape index (κ2) is 5.41. The van der Waals surface area contributed by atoms with Gasteiger partial charge in [0.25, 0.3) is 0 Å². The van der Waals surface area contributed by atoms with Crippen molar-refractivity contribution in [1.29, 1.82) is 0 Å². The predicted octanol–water partition coefficient (Wildman–Crippen LogP) is 1.66. The van der Waals surface area contributed by atoms with Gasteiger partial charge in [0.1, 0.15) is 22.3 Å². The second-order valence-electron chi connectivity index (χ2n) is 4.49.